The van der Waals surface area contributed by atoms with Crippen molar-refractivity contribution in [2.45, 2.75) is 70.7 Å². The van der Waals surface area contributed by atoms with Gasteiger partial charge in [-0.25, -0.2) is 0 Å². The van der Waals surface area contributed by atoms with Crippen molar-refractivity contribution in [1.29, 1.82) is 0 Å². The maximum absolute atomic E-state index is 11.4. The number of carbonyl (C=O) groups is 2. The third-order valence-corrected chi connectivity index (χ3v) is 4.53. The van der Waals surface area contributed by atoms with Crippen molar-refractivity contribution in [2.24, 2.45) is 11.8 Å². The molecule has 0 amide bonds. The quantitative estimate of drug-likeness (QED) is 0.444. The van der Waals surface area contributed by atoms with Gasteiger partial charge in [0.1, 0.15) is 12.2 Å². The van der Waals surface area contributed by atoms with E-state index in [2.05, 4.69) is 6.92 Å². The van der Waals surface area contributed by atoms with Crippen molar-refractivity contribution >= 4 is 11.9 Å². The fourth-order valence-electron chi connectivity index (χ4n) is 3.46. The number of carbonyl (C=O) groups excluding carboxylic acids is 2. The summed E-state index contributed by atoms with van der Waals surface area (Å²) in [6.45, 7) is 3.52. The Labute approximate surface area is 131 Å². The lowest BCUT2D eigenvalue weighted by atomic mass is 9.91. The molecule has 1 saturated heterocycles. The summed E-state index contributed by atoms with van der Waals surface area (Å²) in [6, 6.07) is 0. The van der Waals surface area contributed by atoms with Crippen LogP contribution < -0.4 is 0 Å². The molecule has 0 spiro atoms. The van der Waals surface area contributed by atoms with E-state index in [9.17, 15) is 14.7 Å². The average Bonchev–Trinajstić information content (AvgIpc) is 2.92. The van der Waals surface area contributed by atoms with E-state index < -0.39 is 6.10 Å². The molecular weight excluding hydrogens is 284 g/mol. The summed E-state index contributed by atoms with van der Waals surface area (Å²) < 4.78 is 10.7. The van der Waals surface area contributed by atoms with Crippen LogP contribution in [0, 0.1) is 11.8 Å². The third kappa shape index (κ3) is 4.32. The van der Waals surface area contributed by atoms with Gasteiger partial charge in [-0.15, -0.1) is 0 Å². The largest absolute Gasteiger partial charge is 0.462 e. The molecule has 22 heavy (non-hydrogen) atoms. The number of fused-ring (bicyclic) bond motifs is 1. The molecule has 5 atom stereocenters. The number of aliphatic hydroxyl groups excluding tert-OH is 1. The fourth-order valence-corrected chi connectivity index (χ4v) is 3.46. The van der Waals surface area contributed by atoms with Crippen molar-refractivity contribution in [1.82, 2.24) is 0 Å². The van der Waals surface area contributed by atoms with Gasteiger partial charge in [-0.05, 0) is 6.42 Å². The molecule has 0 aromatic rings. The fraction of sp³-hybridized carbons (Fsp3) is 0.765. The molecule has 1 saturated carbocycles. The normalized spacial score (nSPS) is 32.0. The van der Waals surface area contributed by atoms with Crippen LogP contribution in [0.4, 0.5) is 0 Å². The van der Waals surface area contributed by atoms with Crippen molar-refractivity contribution in [2.75, 3.05) is 0 Å². The van der Waals surface area contributed by atoms with Crippen molar-refractivity contribution in [3.8, 4) is 0 Å². The predicted molar refractivity (Wildman–Crippen MR) is 80.9 cm³/mol. The van der Waals surface area contributed by atoms with Gasteiger partial charge in [0.25, 0.3) is 0 Å². The molecule has 1 aliphatic carbocycles. The van der Waals surface area contributed by atoms with E-state index in [1.807, 2.05) is 6.08 Å². The first-order valence-electron chi connectivity index (χ1n) is 8.24. The van der Waals surface area contributed by atoms with Crippen molar-refractivity contribution in [3.63, 3.8) is 0 Å². The molecule has 0 unspecified atom stereocenters. The first kappa shape index (κ1) is 17.0. The van der Waals surface area contributed by atoms with Crippen LogP contribution in [-0.2, 0) is 19.1 Å². The Hall–Kier alpha value is -1.36. The van der Waals surface area contributed by atoms with E-state index in [1.54, 1.807) is 6.08 Å². The van der Waals surface area contributed by atoms with Crippen LogP contribution in [0.2, 0.25) is 0 Å². The van der Waals surface area contributed by atoms with E-state index in [4.69, 9.17) is 9.47 Å². The van der Waals surface area contributed by atoms with Gasteiger partial charge in [-0.3, -0.25) is 9.59 Å². The van der Waals surface area contributed by atoms with Crippen LogP contribution in [0.1, 0.15) is 52.4 Å². The molecule has 2 fully saturated rings. The minimum atomic E-state index is -0.485. The average molecular weight is 310 g/mol. The van der Waals surface area contributed by atoms with E-state index in [-0.39, 0.29) is 36.0 Å². The number of rotatable bonds is 7. The Morgan fingerprint density at radius 1 is 1.50 bits per heavy atom. The summed E-state index contributed by atoms with van der Waals surface area (Å²) in [7, 11) is 0. The van der Waals surface area contributed by atoms with Crippen LogP contribution in [0.15, 0.2) is 12.2 Å². The van der Waals surface area contributed by atoms with Gasteiger partial charge in [-0.2, -0.15) is 0 Å². The number of ether oxygens (including phenoxy) is 2. The summed E-state index contributed by atoms with van der Waals surface area (Å²) in [6.07, 6.45) is 7.66. The number of unbranched alkanes of at least 4 members (excludes halogenated alkanes) is 2. The number of esters is 2. The second-order valence-electron chi connectivity index (χ2n) is 6.31. The van der Waals surface area contributed by atoms with Gasteiger partial charge in [0, 0.05) is 25.2 Å². The highest BCUT2D eigenvalue weighted by Crippen LogP contribution is 2.43. The lowest BCUT2D eigenvalue weighted by Gasteiger charge is -2.19. The highest BCUT2D eigenvalue weighted by atomic mass is 16.6. The van der Waals surface area contributed by atoms with Crippen LogP contribution >= 0.6 is 0 Å². The second kappa shape index (κ2) is 7.77. The molecule has 0 aromatic heterocycles. The van der Waals surface area contributed by atoms with Crippen LogP contribution in [0.25, 0.3) is 0 Å². The first-order chi connectivity index (χ1) is 10.5. The molecule has 1 heterocycles. The van der Waals surface area contributed by atoms with Gasteiger partial charge in [0.2, 0.25) is 0 Å². The van der Waals surface area contributed by atoms with Gasteiger partial charge in [0.05, 0.1) is 12.5 Å². The molecule has 5 heteroatoms. The maximum Gasteiger partial charge on any atom is 0.306 e. The Morgan fingerprint density at radius 3 is 2.95 bits per heavy atom. The Balaban J connectivity index is 1.97. The standard InChI is InChI=1S/C17H26O5/c1-3-4-5-6-12(19)7-8-13-14-9-17(20)22-16(14)10-15(13)21-11(2)18/h7-8,12-16,19H,3-6,9-10H2,1-2H3/b8-7+/t12-,13-,14-,15-,16+/m1/s1. The topological polar surface area (TPSA) is 72.8 Å². The third-order valence-electron chi connectivity index (χ3n) is 4.53. The zero-order valence-electron chi connectivity index (χ0n) is 13.4. The minimum Gasteiger partial charge on any atom is -0.462 e. The lowest BCUT2D eigenvalue weighted by molar-refractivity contribution is -0.149. The highest BCUT2D eigenvalue weighted by molar-refractivity contribution is 5.72. The van der Waals surface area contributed by atoms with Crippen LogP contribution in [0.5, 0.6) is 0 Å². The molecule has 2 rings (SSSR count). The molecule has 0 bridgehead atoms. The van der Waals surface area contributed by atoms with E-state index in [0.717, 1.165) is 25.7 Å². The van der Waals surface area contributed by atoms with E-state index in [0.29, 0.717) is 12.8 Å². The van der Waals surface area contributed by atoms with Gasteiger partial charge >= 0.3 is 11.9 Å². The smallest absolute Gasteiger partial charge is 0.306 e. The molecule has 2 aliphatic rings. The van der Waals surface area contributed by atoms with Crippen LogP contribution in [0.3, 0.4) is 0 Å². The predicted octanol–water partition coefficient (Wildman–Crippen LogP) is 2.37. The minimum absolute atomic E-state index is 0.0518. The van der Waals surface area contributed by atoms with Crippen molar-refractivity contribution < 1.29 is 24.2 Å². The summed E-state index contributed by atoms with van der Waals surface area (Å²) in [5.41, 5.74) is 0. The van der Waals surface area contributed by atoms with E-state index in [1.165, 1.54) is 6.92 Å². The monoisotopic (exact) mass is 310 g/mol. The Bertz CT molecular complexity index is 431. The zero-order chi connectivity index (χ0) is 16.1. The number of aliphatic hydroxyl groups is 1. The SMILES string of the molecule is CCCCC[C@@H](O)/C=C/[C@@H]1[C@H]2CC(=O)O[C@H]2C[C@H]1OC(C)=O. The highest BCUT2D eigenvalue weighted by Gasteiger charge is 2.50. The Morgan fingerprint density at radius 2 is 2.27 bits per heavy atom. The van der Waals surface area contributed by atoms with Gasteiger partial charge in [-0.1, -0.05) is 38.3 Å². The molecule has 0 aromatic carbocycles. The summed E-state index contributed by atoms with van der Waals surface area (Å²) in [5.74, 6) is -0.506. The first-order valence-corrected chi connectivity index (χ1v) is 8.24. The molecule has 124 valence electrons. The van der Waals surface area contributed by atoms with E-state index >= 15 is 0 Å². The summed E-state index contributed by atoms with van der Waals surface area (Å²) in [5, 5.41) is 10.0. The molecule has 1 aliphatic heterocycles. The zero-order valence-corrected chi connectivity index (χ0v) is 13.4. The lowest BCUT2D eigenvalue weighted by Crippen LogP contribution is -2.23. The van der Waals surface area contributed by atoms with Gasteiger partial charge < -0.3 is 14.6 Å². The summed E-state index contributed by atoms with van der Waals surface area (Å²) >= 11 is 0. The maximum atomic E-state index is 11.4. The number of hydrogen-bond donors (Lipinski definition) is 1. The second-order valence-corrected chi connectivity index (χ2v) is 6.31. The summed E-state index contributed by atoms with van der Waals surface area (Å²) in [4.78, 5) is 22.7. The van der Waals surface area contributed by atoms with Gasteiger partial charge in [0.15, 0.2) is 0 Å². The molecular formula is C17H26O5. The Kier molecular flexibility index (Phi) is 6.00. The van der Waals surface area contributed by atoms with Crippen molar-refractivity contribution in [3.05, 3.63) is 12.2 Å². The number of hydrogen-bond acceptors (Lipinski definition) is 5. The van der Waals surface area contributed by atoms with Crippen LogP contribution in [-0.4, -0.2) is 35.4 Å². The molecule has 5 nitrogen and oxygen atoms in total. The molecule has 1 N–H and O–H groups in total. The molecule has 0 radical (unpaired) electrons.